The molecule has 1 atom stereocenters. The number of hydrogen-bond donors (Lipinski definition) is 4. The van der Waals surface area contributed by atoms with Crippen LogP contribution in [0.25, 0.3) is 54.7 Å². The minimum absolute atomic E-state index is 0.0587. The number of fused-ring (bicyclic) bond motifs is 7. The first-order chi connectivity index (χ1) is 36.8. The molecule has 0 radical (unpaired) electrons. The predicted molar refractivity (Wildman–Crippen MR) is 304 cm³/mol. The number of rotatable bonds is 21. The van der Waals surface area contributed by atoms with Gasteiger partial charge in [0.2, 0.25) is 5.91 Å². The van der Waals surface area contributed by atoms with E-state index in [1.165, 1.54) is 0 Å². The van der Waals surface area contributed by atoms with Gasteiger partial charge in [0.25, 0.3) is 0 Å². The Morgan fingerprint density at radius 1 is 0.605 bits per heavy atom. The number of hydrogen-bond acceptors (Lipinski definition) is 11. The van der Waals surface area contributed by atoms with Crippen LogP contribution in [-0.2, 0) is 14.3 Å². The van der Waals surface area contributed by atoms with Gasteiger partial charge in [0.1, 0.15) is 29.7 Å². The smallest absolute Gasteiger partial charge is 0.408 e. The van der Waals surface area contributed by atoms with Crippen molar-refractivity contribution in [3.8, 4) is 22.6 Å². The number of methoxy groups -OCH3 is 2. The maximum Gasteiger partial charge on any atom is 0.408 e. The van der Waals surface area contributed by atoms with Crippen LogP contribution in [0.5, 0.6) is 11.5 Å². The Morgan fingerprint density at radius 3 is 1.64 bits per heavy atom. The molecule has 3 amide bonds. The zero-order chi connectivity index (χ0) is 53.3. The fourth-order valence-electron chi connectivity index (χ4n) is 9.97. The van der Waals surface area contributed by atoms with E-state index in [9.17, 15) is 14.4 Å². The molecule has 0 fully saturated rings. The standard InChI is InChI=1S/C60H63Cl2N7O7/c1-60(2,3)76-59(72)68-52(18-10-11-27-65-58(71)75-36-49-43-16-8-6-14-41(43)42-15-7-9-17-44(42)49)57(70)69(30-12-28-63-55-45-23-19-37(61)32-53(45)66-50-25-21-39(73-4)34-47(50)55)31-13-29-64-56-46-24-20-38(62)33-54(46)67-51-26-22-40(74-5)35-48(51)56/h6-9,14-17,19-26,32-35,49,52H,10-13,18,27-31,36H2,1-5H3,(H,63,66)(H,64,67)(H,65,71)(H,68,72). The molecule has 0 aliphatic heterocycles. The topological polar surface area (TPSA) is 165 Å². The van der Waals surface area contributed by atoms with Crippen LogP contribution < -0.4 is 30.7 Å². The summed E-state index contributed by atoms with van der Waals surface area (Å²) >= 11 is 12.9. The summed E-state index contributed by atoms with van der Waals surface area (Å²) < 4.78 is 22.7. The lowest BCUT2D eigenvalue weighted by molar-refractivity contribution is -0.133. The molecule has 9 rings (SSSR count). The summed E-state index contributed by atoms with van der Waals surface area (Å²) in [6.07, 6.45) is 1.27. The molecule has 394 valence electrons. The maximum absolute atomic E-state index is 15.0. The molecule has 1 aliphatic carbocycles. The summed E-state index contributed by atoms with van der Waals surface area (Å²) in [6.45, 7) is 7.61. The number of aromatic nitrogens is 2. The first-order valence-corrected chi connectivity index (χ1v) is 26.5. The van der Waals surface area contributed by atoms with E-state index in [1.54, 1.807) is 35.0 Å². The maximum atomic E-state index is 15.0. The quantitative estimate of drug-likeness (QED) is 0.0400. The normalized spacial score (nSPS) is 12.5. The third-order valence-corrected chi connectivity index (χ3v) is 14.0. The third-order valence-electron chi connectivity index (χ3n) is 13.5. The number of pyridine rings is 2. The average molecular weight is 1070 g/mol. The van der Waals surface area contributed by atoms with Gasteiger partial charge < -0.3 is 45.1 Å². The summed E-state index contributed by atoms with van der Waals surface area (Å²) in [5.41, 5.74) is 8.60. The summed E-state index contributed by atoms with van der Waals surface area (Å²) in [4.78, 5) is 53.1. The van der Waals surface area contributed by atoms with Crippen LogP contribution in [-0.4, -0.2) is 98.2 Å². The Balaban J connectivity index is 0.900. The molecular formula is C60H63Cl2N7O7. The molecule has 2 heterocycles. The molecule has 2 aromatic heterocycles. The summed E-state index contributed by atoms with van der Waals surface area (Å²) in [5.74, 6) is 1.09. The fourth-order valence-corrected chi connectivity index (χ4v) is 10.3. The van der Waals surface area contributed by atoms with Crippen LogP contribution in [0.4, 0.5) is 21.0 Å². The zero-order valence-electron chi connectivity index (χ0n) is 43.4. The van der Waals surface area contributed by atoms with Crippen molar-refractivity contribution in [3.05, 3.63) is 142 Å². The lowest BCUT2D eigenvalue weighted by Crippen LogP contribution is -2.50. The molecule has 0 saturated heterocycles. The van der Waals surface area contributed by atoms with Gasteiger partial charge in [-0.3, -0.25) is 4.79 Å². The van der Waals surface area contributed by atoms with E-state index in [0.717, 1.165) is 77.2 Å². The Bertz CT molecular complexity index is 3240. The average Bonchev–Trinajstić information content (AvgIpc) is 3.73. The van der Waals surface area contributed by atoms with Gasteiger partial charge in [-0.15, -0.1) is 0 Å². The summed E-state index contributed by atoms with van der Waals surface area (Å²) in [5, 5.41) is 17.9. The van der Waals surface area contributed by atoms with Gasteiger partial charge in [-0.2, -0.15) is 0 Å². The van der Waals surface area contributed by atoms with E-state index in [2.05, 4.69) is 45.5 Å². The lowest BCUT2D eigenvalue weighted by Gasteiger charge is -2.29. The molecule has 6 aromatic carbocycles. The van der Waals surface area contributed by atoms with Crippen molar-refractivity contribution in [2.24, 2.45) is 0 Å². The molecule has 0 spiro atoms. The number of benzene rings is 6. The second kappa shape index (κ2) is 24.0. The highest BCUT2D eigenvalue weighted by atomic mass is 35.5. The Morgan fingerprint density at radius 2 is 1.13 bits per heavy atom. The van der Waals surface area contributed by atoms with Gasteiger partial charge in [-0.25, -0.2) is 19.6 Å². The number of carbonyl (C=O) groups is 3. The number of carbonyl (C=O) groups excluding carboxylic acids is 3. The molecule has 14 nitrogen and oxygen atoms in total. The molecule has 8 aromatic rings. The number of anilines is 2. The first-order valence-electron chi connectivity index (χ1n) is 25.8. The number of halogens is 2. The van der Waals surface area contributed by atoms with Gasteiger partial charge in [-0.1, -0.05) is 71.7 Å². The number of ether oxygens (including phenoxy) is 4. The highest BCUT2D eigenvalue weighted by Gasteiger charge is 2.30. The van der Waals surface area contributed by atoms with E-state index in [0.29, 0.717) is 86.4 Å². The molecule has 4 N–H and O–H groups in total. The Labute approximate surface area is 452 Å². The van der Waals surface area contributed by atoms with Crippen LogP contribution in [0.1, 0.15) is 69.9 Å². The van der Waals surface area contributed by atoms with Crippen molar-refractivity contribution in [3.63, 3.8) is 0 Å². The van der Waals surface area contributed by atoms with E-state index >= 15 is 0 Å². The van der Waals surface area contributed by atoms with Crippen molar-refractivity contribution < 1.29 is 33.3 Å². The van der Waals surface area contributed by atoms with Gasteiger partial charge in [0.15, 0.2) is 0 Å². The number of nitrogens with zero attached hydrogens (tertiary/aromatic N) is 3. The zero-order valence-corrected chi connectivity index (χ0v) is 44.9. The van der Waals surface area contributed by atoms with Crippen molar-refractivity contribution in [1.29, 1.82) is 0 Å². The molecular weight excluding hydrogens is 1000 g/mol. The monoisotopic (exact) mass is 1060 g/mol. The highest BCUT2D eigenvalue weighted by molar-refractivity contribution is 6.32. The van der Waals surface area contributed by atoms with Crippen molar-refractivity contribution >= 4 is 96.3 Å². The minimum atomic E-state index is -0.916. The largest absolute Gasteiger partial charge is 0.497 e. The van der Waals surface area contributed by atoms with Crippen molar-refractivity contribution in [2.75, 3.05) is 64.2 Å². The van der Waals surface area contributed by atoms with E-state index < -0.39 is 23.8 Å². The van der Waals surface area contributed by atoms with Crippen LogP contribution in [0.3, 0.4) is 0 Å². The van der Waals surface area contributed by atoms with Crippen LogP contribution in [0.15, 0.2) is 121 Å². The number of alkyl carbamates (subject to hydrolysis) is 2. The van der Waals surface area contributed by atoms with E-state index in [1.807, 2.05) is 102 Å². The molecule has 76 heavy (non-hydrogen) atoms. The Hall–Kier alpha value is -7.55. The molecule has 1 unspecified atom stereocenters. The number of unbranched alkanes of at least 4 members (excludes halogenated alkanes) is 1. The summed E-state index contributed by atoms with van der Waals surface area (Å²) in [6, 6.07) is 38.3. The second-order valence-electron chi connectivity index (χ2n) is 19.9. The van der Waals surface area contributed by atoms with Crippen LogP contribution in [0, 0.1) is 0 Å². The minimum Gasteiger partial charge on any atom is -0.497 e. The number of nitrogens with one attached hydrogen (secondary N) is 4. The molecule has 16 heteroatoms. The van der Waals surface area contributed by atoms with Crippen LogP contribution in [0.2, 0.25) is 10.0 Å². The lowest BCUT2D eigenvalue weighted by atomic mass is 9.98. The molecule has 0 bridgehead atoms. The first kappa shape index (κ1) is 53.3. The van der Waals surface area contributed by atoms with Gasteiger partial charge in [-0.05, 0) is 148 Å². The fraction of sp³-hybridized carbons (Fsp3) is 0.317. The Kier molecular flexibility index (Phi) is 16.8. The van der Waals surface area contributed by atoms with Crippen LogP contribution >= 0.6 is 23.2 Å². The molecule has 0 saturated carbocycles. The van der Waals surface area contributed by atoms with E-state index in [4.69, 9.17) is 52.1 Å². The van der Waals surface area contributed by atoms with Crippen molar-refractivity contribution in [1.82, 2.24) is 25.5 Å². The SMILES string of the molecule is COc1ccc2nc3cc(Cl)ccc3c(NCCCN(CCCNc3c4ccc(Cl)cc4nc4ccc(OC)cc34)C(=O)C(CCCCNC(=O)OCC3c4ccccc4-c4ccccc43)NC(=O)OC(C)(C)C)c2c1. The van der Waals surface area contributed by atoms with E-state index in [-0.39, 0.29) is 18.4 Å². The van der Waals surface area contributed by atoms with Crippen molar-refractivity contribution in [2.45, 2.75) is 70.4 Å². The molecule has 1 aliphatic rings. The summed E-state index contributed by atoms with van der Waals surface area (Å²) in [7, 11) is 3.26. The van der Waals surface area contributed by atoms with Gasteiger partial charge in [0.05, 0.1) is 47.7 Å². The third kappa shape index (κ3) is 12.6. The predicted octanol–water partition coefficient (Wildman–Crippen LogP) is 13.1. The highest BCUT2D eigenvalue weighted by Crippen LogP contribution is 2.44. The second-order valence-corrected chi connectivity index (χ2v) is 20.8. The number of amides is 3. The van der Waals surface area contributed by atoms with Gasteiger partial charge >= 0.3 is 12.2 Å². The van der Waals surface area contributed by atoms with Gasteiger partial charge in [0, 0.05) is 70.2 Å².